The third-order valence-corrected chi connectivity index (χ3v) is 3.22. The van der Waals surface area contributed by atoms with Gasteiger partial charge in [-0.25, -0.2) is 0 Å². The van der Waals surface area contributed by atoms with Crippen molar-refractivity contribution in [1.82, 2.24) is 10.2 Å². The molecule has 16 heavy (non-hydrogen) atoms. The van der Waals surface area contributed by atoms with E-state index in [2.05, 4.69) is 5.32 Å². The fourth-order valence-corrected chi connectivity index (χ4v) is 2.06. The largest absolute Gasteiger partial charge is 0.480 e. The molecule has 0 radical (unpaired) electrons. The third kappa shape index (κ3) is 2.95. The maximum absolute atomic E-state index is 12.2. The van der Waals surface area contributed by atoms with Gasteiger partial charge in [0.1, 0.15) is 6.54 Å². The summed E-state index contributed by atoms with van der Waals surface area (Å²) in [5, 5.41) is 11.9. The van der Waals surface area contributed by atoms with Crippen molar-refractivity contribution in [2.24, 2.45) is 5.41 Å². The van der Waals surface area contributed by atoms with Crippen LogP contribution in [0.15, 0.2) is 0 Å². The highest BCUT2D eigenvalue weighted by atomic mass is 16.4. The van der Waals surface area contributed by atoms with Gasteiger partial charge >= 0.3 is 5.97 Å². The highest BCUT2D eigenvalue weighted by molar-refractivity contribution is 5.85. The second kappa shape index (κ2) is 5.30. The van der Waals surface area contributed by atoms with E-state index in [9.17, 15) is 9.59 Å². The van der Waals surface area contributed by atoms with Crippen LogP contribution in [0.3, 0.4) is 0 Å². The van der Waals surface area contributed by atoms with Crippen LogP contribution in [0.4, 0.5) is 0 Å². The lowest BCUT2D eigenvalue weighted by Gasteiger charge is -2.36. The second-order valence-corrected chi connectivity index (χ2v) is 4.52. The van der Waals surface area contributed by atoms with Crippen LogP contribution in [0.2, 0.25) is 0 Å². The minimum Gasteiger partial charge on any atom is -0.480 e. The topological polar surface area (TPSA) is 69.6 Å². The number of piperidine rings is 1. The van der Waals surface area contributed by atoms with E-state index in [1.807, 2.05) is 13.8 Å². The number of carbonyl (C=O) groups excluding carboxylic acids is 1. The molecule has 0 saturated carbocycles. The molecule has 0 spiro atoms. The molecule has 1 amide bonds. The van der Waals surface area contributed by atoms with Gasteiger partial charge in [-0.2, -0.15) is 0 Å². The van der Waals surface area contributed by atoms with Crippen LogP contribution in [-0.2, 0) is 9.59 Å². The zero-order valence-electron chi connectivity index (χ0n) is 9.95. The first-order valence-corrected chi connectivity index (χ1v) is 5.71. The molecule has 0 aromatic carbocycles. The molecule has 0 aromatic heterocycles. The number of carboxylic acid groups (broad SMARTS) is 1. The zero-order chi connectivity index (χ0) is 12.2. The van der Waals surface area contributed by atoms with E-state index in [1.165, 1.54) is 4.90 Å². The highest BCUT2D eigenvalue weighted by Gasteiger charge is 2.37. The Balaban J connectivity index is 2.68. The molecule has 0 aromatic rings. The fourth-order valence-electron chi connectivity index (χ4n) is 2.06. The van der Waals surface area contributed by atoms with E-state index >= 15 is 0 Å². The smallest absolute Gasteiger partial charge is 0.323 e. The predicted octanol–water partition coefficient (Wildman–Crippen LogP) is 0.309. The maximum atomic E-state index is 12.2. The molecule has 1 heterocycles. The van der Waals surface area contributed by atoms with Crippen LogP contribution >= 0.6 is 0 Å². The van der Waals surface area contributed by atoms with Crippen LogP contribution in [0, 0.1) is 5.41 Å². The Hall–Kier alpha value is -1.10. The van der Waals surface area contributed by atoms with Crippen molar-refractivity contribution in [2.75, 3.05) is 26.2 Å². The Morgan fingerprint density at radius 1 is 1.38 bits per heavy atom. The molecule has 2 N–H and O–H groups in total. The Morgan fingerprint density at radius 3 is 2.38 bits per heavy atom. The molecule has 1 saturated heterocycles. The highest BCUT2D eigenvalue weighted by Crippen LogP contribution is 2.30. The maximum Gasteiger partial charge on any atom is 0.323 e. The normalized spacial score (nSPS) is 19.1. The van der Waals surface area contributed by atoms with Gasteiger partial charge in [0, 0.05) is 12.0 Å². The summed E-state index contributed by atoms with van der Waals surface area (Å²) in [6.07, 6.45) is 1.56. The molecule has 1 rings (SSSR count). The fraction of sp³-hybridized carbons (Fsp3) is 0.818. The van der Waals surface area contributed by atoms with E-state index in [0.29, 0.717) is 6.54 Å². The van der Waals surface area contributed by atoms with E-state index in [0.717, 1.165) is 25.9 Å². The molecule has 1 fully saturated rings. The Morgan fingerprint density at radius 2 is 1.94 bits per heavy atom. The van der Waals surface area contributed by atoms with Crippen molar-refractivity contribution in [2.45, 2.75) is 26.7 Å². The van der Waals surface area contributed by atoms with Crippen LogP contribution in [0.25, 0.3) is 0 Å². The van der Waals surface area contributed by atoms with Gasteiger partial charge in [-0.1, -0.05) is 6.92 Å². The lowest BCUT2D eigenvalue weighted by Crippen LogP contribution is -2.49. The van der Waals surface area contributed by atoms with Gasteiger partial charge in [0.25, 0.3) is 0 Å². The van der Waals surface area contributed by atoms with Gasteiger partial charge in [0.15, 0.2) is 0 Å². The number of nitrogens with one attached hydrogen (secondary N) is 1. The molecule has 1 aliphatic heterocycles. The minimum atomic E-state index is -0.951. The molecule has 0 unspecified atom stereocenters. The van der Waals surface area contributed by atoms with E-state index in [-0.39, 0.29) is 12.5 Å². The average molecular weight is 228 g/mol. The lowest BCUT2D eigenvalue weighted by atomic mass is 9.79. The van der Waals surface area contributed by atoms with Crippen molar-refractivity contribution in [1.29, 1.82) is 0 Å². The summed E-state index contributed by atoms with van der Waals surface area (Å²) < 4.78 is 0. The predicted molar refractivity (Wildman–Crippen MR) is 60.1 cm³/mol. The number of hydrogen-bond donors (Lipinski definition) is 2. The van der Waals surface area contributed by atoms with E-state index in [1.54, 1.807) is 0 Å². The Labute approximate surface area is 95.8 Å². The molecule has 92 valence electrons. The number of likely N-dealkylation sites (N-methyl/N-ethyl adjacent to an activating group) is 1. The third-order valence-electron chi connectivity index (χ3n) is 3.22. The number of carbonyl (C=O) groups is 2. The zero-order valence-corrected chi connectivity index (χ0v) is 9.95. The standard InChI is InChI=1S/C11H20N2O3/c1-3-13(8-9(14)15)10(16)11(2)4-6-12-7-5-11/h12H,3-8H2,1-2H3,(H,14,15). The van der Waals surface area contributed by atoms with E-state index in [4.69, 9.17) is 5.11 Å². The van der Waals surface area contributed by atoms with Gasteiger partial charge in [-0.3, -0.25) is 9.59 Å². The number of rotatable bonds is 4. The molecule has 0 bridgehead atoms. The number of aliphatic carboxylic acids is 1. The minimum absolute atomic E-state index is 0.0288. The second-order valence-electron chi connectivity index (χ2n) is 4.52. The monoisotopic (exact) mass is 228 g/mol. The summed E-state index contributed by atoms with van der Waals surface area (Å²) in [5.41, 5.74) is -0.392. The first-order chi connectivity index (χ1) is 7.49. The van der Waals surface area contributed by atoms with Gasteiger partial charge < -0.3 is 15.3 Å². The number of carboxylic acids is 1. The summed E-state index contributed by atoms with van der Waals surface area (Å²) >= 11 is 0. The number of hydrogen-bond acceptors (Lipinski definition) is 3. The molecule has 0 atom stereocenters. The number of nitrogens with zero attached hydrogens (tertiary/aromatic N) is 1. The Bertz CT molecular complexity index is 272. The van der Waals surface area contributed by atoms with Crippen molar-refractivity contribution in [3.63, 3.8) is 0 Å². The first-order valence-electron chi connectivity index (χ1n) is 5.71. The van der Waals surface area contributed by atoms with Crippen LogP contribution in [-0.4, -0.2) is 48.1 Å². The first kappa shape index (κ1) is 13.0. The number of amides is 1. The van der Waals surface area contributed by atoms with Crippen LogP contribution < -0.4 is 5.32 Å². The van der Waals surface area contributed by atoms with Crippen molar-refractivity contribution in [3.8, 4) is 0 Å². The summed E-state index contributed by atoms with van der Waals surface area (Å²) in [6, 6.07) is 0. The summed E-state index contributed by atoms with van der Waals surface area (Å²) in [4.78, 5) is 24.3. The molecule has 0 aliphatic carbocycles. The van der Waals surface area contributed by atoms with Crippen LogP contribution in [0.5, 0.6) is 0 Å². The van der Waals surface area contributed by atoms with Gasteiger partial charge in [-0.05, 0) is 32.9 Å². The van der Waals surface area contributed by atoms with Crippen LogP contribution in [0.1, 0.15) is 26.7 Å². The van der Waals surface area contributed by atoms with Crippen molar-refractivity contribution >= 4 is 11.9 Å². The summed E-state index contributed by atoms with van der Waals surface area (Å²) in [5.74, 6) is -0.980. The molecular formula is C11H20N2O3. The summed E-state index contributed by atoms with van der Waals surface area (Å²) in [7, 11) is 0. The van der Waals surface area contributed by atoms with Gasteiger partial charge in [-0.15, -0.1) is 0 Å². The van der Waals surface area contributed by atoms with Crippen molar-refractivity contribution < 1.29 is 14.7 Å². The van der Waals surface area contributed by atoms with Crippen molar-refractivity contribution in [3.05, 3.63) is 0 Å². The molecular weight excluding hydrogens is 208 g/mol. The Kier molecular flexibility index (Phi) is 4.29. The van der Waals surface area contributed by atoms with Gasteiger partial charge in [0.05, 0.1) is 0 Å². The molecule has 5 nitrogen and oxygen atoms in total. The summed E-state index contributed by atoms with van der Waals surface area (Å²) in [6.45, 7) is 5.65. The molecule has 1 aliphatic rings. The molecule has 5 heteroatoms. The van der Waals surface area contributed by atoms with E-state index < -0.39 is 11.4 Å². The SMILES string of the molecule is CCN(CC(=O)O)C(=O)C1(C)CCNCC1. The quantitative estimate of drug-likeness (QED) is 0.726. The lowest BCUT2D eigenvalue weighted by molar-refractivity contribution is -0.150. The average Bonchev–Trinajstić information content (AvgIpc) is 2.25. The van der Waals surface area contributed by atoms with Gasteiger partial charge in [0.2, 0.25) is 5.91 Å².